The van der Waals surface area contributed by atoms with Crippen molar-refractivity contribution in [2.75, 3.05) is 32.7 Å². The number of hydrogen-bond donors (Lipinski definition) is 3. The summed E-state index contributed by atoms with van der Waals surface area (Å²) in [5.41, 5.74) is 5.20. The number of aliphatic hydroxyl groups is 1. The smallest absolute Gasteiger partial charge is 0.410 e. The van der Waals surface area contributed by atoms with Crippen molar-refractivity contribution in [2.24, 2.45) is 17.6 Å². The summed E-state index contributed by atoms with van der Waals surface area (Å²) in [4.78, 5) is 13.7. The molecule has 0 saturated carbocycles. The van der Waals surface area contributed by atoms with Gasteiger partial charge in [0, 0.05) is 19.6 Å². The Hall–Kier alpha value is -0.850. The van der Waals surface area contributed by atoms with E-state index in [0.717, 1.165) is 6.54 Å². The molecule has 0 heterocycles. The fourth-order valence-electron chi connectivity index (χ4n) is 2.00. The van der Waals surface area contributed by atoms with Crippen molar-refractivity contribution in [1.29, 1.82) is 0 Å². The second-order valence-corrected chi connectivity index (χ2v) is 7.22. The van der Waals surface area contributed by atoms with Crippen LogP contribution in [0.15, 0.2) is 0 Å². The molecular formula is C16H35N3O3. The van der Waals surface area contributed by atoms with Crippen molar-refractivity contribution >= 4 is 6.09 Å². The fourth-order valence-corrected chi connectivity index (χ4v) is 2.00. The van der Waals surface area contributed by atoms with Gasteiger partial charge in [-0.05, 0) is 52.6 Å². The maximum Gasteiger partial charge on any atom is 0.410 e. The van der Waals surface area contributed by atoms with Crippen molar-refractivity contribution < 1.29 is 14.6 Å². The highest BCUT2D eigenvalue weighted by molar-refractivity contribution is 5.68. The summed E-state index contributed by atoms with van der Waals surface area (Å²) in [5, 5.41) is 12.9. The summed E-state index contributed by atoms with van der Waals surface area (Å²) in [5.74, 6) is 0.948. The Balaban J connectivity index is 4.34. The number of hydrogen-bond acceptors (Lipinski definition) is 5. The molecule has 0 spiro atoms. The lowest BCUT2D eigenvalue weighted by Gasteiger charge is -2.28. The monoisotopic (exact) mass is 317 g/mol. The Bertz CT molecular complexity index is 314. The summed E-state index contributed by atoms with van der Waals surface area (Å²) in [7, 11) is 0. The van der Waals surface area contributed by atoms with E-state index in [4.69, 9.17) is 10.5 Å². The number of amides is 1. The third-order valence-corrected chi connectivity index (χ3v) is 3.35. The van der Waals surface area contributed by atoms with Gasteiger partial charge in [0.1, 0.15) is 5.60 Å². The Labute approximate surface area is 135 Å². The van der Waals surface area contributed by atoms with E-state index in [-0.39, 0.29) is 6.54 Å². The average Bonchev–Trinajstić information content (AvgIpc) is 2.34. The predicted octanol–water partition coefficient (Wildman–Crippen LogP) is 1.42. The third kappa shape index (κ3) is 9.97. The third-order valence-electron chi connectivity index (χ3n) is 3.35. The van der Waals surface area contributed by atoms with Crippen LogP contribution in [0.3, 0.4) is 0 Å². The maximum atomic E-state index is 12.1. The minimum atomic E-state index is -0.583. The first-order chi connectivity index (χ1) is 10.1. The number of rotatable bonds is 9. The van der Waals surface area contributed by atoms with Crippen LogP contribution in [0.25, 0.3) is 0 Å². The van der Waals surface area contributed by atoms with Gasteiger partial charge in [0.05, 0.1) is 6.10 Å². The van der Waals surface area contributed by atoms with Crippen LogP contribution >= 0.6 is 0 Å². The van der Waals surface area contributed by atoms with E-state index in [1.807, 2.05) is 20.8 Å². The summed E-state index contributed by atoms with van der Waals surface area (Å²) in [6.45, 7) is 14.3. The molecule has 6 heteroatoms. The Kier molecular flexibility index (Phi) is 9.64. The zero-order valence-corrected chi connectivity index (χ0v) is 15.1. The molecule has 2 atom stereocenters. The molecule has 0 fully saturated rings. The number of nitrogens with one attached hydrogen (secondary N) is 1. The SMILES string of the molecule is CC(O)CN(CCNCC(CN)C(C)C)C(=O)OC(C)(C)C. The summed E-state index contributed by atoms with van der Waals surface area (Å²) >= 11 is 0. The van der Waals surface area contributed by atoms with Crippen molar-refractivity contribution in [3.05, 3.63) is 0 Å². The second-order valence-electron chi connectivity index (χ2n) is 7.22. The van der Waals surface area contributed by atoms with Gasteiger partial charge in [-0.2, -0.15) is 0 Å². The Morgan fingerprint density at radius 2 is 1.91 bits per heavy atom. The number of nitrogens with zero attached hydrogens (tertiary/aromatic N) is 1. The van der Waals surface area contributed by atoms with Crippen molar-refractivity contribution in [3.8, 4) is 0 Å². The first kappa shape index (κ1) is 21.1. The van der Waals surface area contributed by atoms with E-state index in [2.05, 4.69) is 19.2 Å². The van der Waals surface area contributed by atoms with Crippen LogP contribution in [-0.2, 0) is 4.74 Å². The number of nitrogens with two attached hydrogens (primary N) is 1. The molecule has 0 radical (unpaired) electrons. The van der Waals surface area contributed by atoms with Crippen LogP contribution in [0, 0.1) is 11.8 Å². The van der Waals surface area contributed by atoms with E-state index < -0.39 is 17.8 Å². The minimum absolute atomic E-state index is 0.265. The van der Waals surface area contributed by atoms with Crippen LogP contribution in [0.4, 0.5) is 4.79 Å². The van der Waals surface area contributed by atoms with Gasteiger partial charge >= 0.3 is 6.09 Å². The molecule has 6 nitrogen and oxygen atoms in total. The lowest BCUT2D eigenvalue weighted by Crippen LogP contribution is -2.44. The van der Waals surface area contributed by atoms with Crippen molar-refractivity contribution in [1.82, 2.24) is 10.2 Å². The quantitative estimate of drug-likeness (QED) is 0.560. The average molecular weight is 317 g/mol. The van der Waals surface area contributed by atoms with E-state index in [1.165, 1.54) is 4.90 Å². The van der Waals surface area contributed by atoms with Crippen LogP contribution in [0.2, 0.25) is 0 Å². The van der Waals surface area contributed by atoms with Crippen LogP contribution in [-0.4, -0.2) is 60.5 Å². The van der Waals surface area contributed by atoms with Gasteiger partial charge in [-0.25, -0.2) is 4.79 Å². The highest BCUT2D eigenvalue weighted by Crippen LogP contribution is 2.10. The molecule has 0 aromatic heterocycles. The molecule has 0 aliphatic carbocycles. The molecule has 0 aliphatic rings. The Morgan fingerprint density at radius 1 is 1.32 bits per heavy atom. The zero-order chi connectivity index (χ0) is 17.3. The predicted molar refractivity (Wildman–Crippen MR) is 89.7 cm³/mol. The largest absolute Gasteiger partial charge is 0.444 e. The number of aliphatic hydroxyl groups excluding tert-OH is 1. The topological polar surface area (TPSA) is 87.8 Å². The molecule has 0 bridgehead atoms. The number of carbonyl (C=O) groups excluding carboxylic acids is 1. The summed E-state index contributed by atoms with van der Waals surface area (Å²) in [6, 6.07) is 0. The Morgan fingerprint density at radius 3 is 2.32 bits per heavy atom. The first-order valence-electron chi connectivity index (χ1n) is 8.13. The van der Waals surface area contributed by atoms with E-state index in [9.17, 15) is 9.90 Å². The van der Waals surface area contributed by atoms with E-state index in [1.54, 1.807) is 6.92 Å². The number of carbonyl (C=O) groups is 1. The van der Waals surface area contributed by atoms with Gasteiger partial charge in [-0.15, -0.1) is 0 Å². The number of ether oxygens (including phenoxy) is 1. The summed E-state index contributed by atoms with van der Waals surface area (Å²) in [6.07, 6.45) is -0.977. The second kappa shape index (κ2) is 10.0. The highest BCUT2D eigenvalue weighted by Gasteiger charge is 2.22. The molecule has 1 amide bonds. The van der Waals surface area contributed by atoms with Gasteiger partial charge < -0.3 is 25.8 Å². The van der Waals surface area contributed by atoms with E-state index >= 15 is 0 Å². The molecule has 0 saturated heterocycles. The standard InChI is InChI=1S/C16H35N3O3/c1-12(2)14(9-17)10-18-7-8-19(11-13(3)20)15(21)22-16(4,5)6/h12-14,18,20H,7-11,17H2,1-6H3. The normalized spacial score (nSPS) is 14.8. The van der Waals surface area contributed by atoms with Crippen molar-refractivity contribution in [3.63, 3.8) is 0 Å². The zero-order valence-electron chi connectivity index (χ0n) is 15.1. The van der Waals surface area contributed by atoms with Crippen molar-refractivity contribution in [2.45, 2.75) is 53.2 Å². The van der Waals surface area contributed by atoms with Gasteiger partial charge in [0.2, 0.25) is 0 Å². The molecule has 132 valence electrons. The van der Waals surface area contributed by atoms with Gasteiger partial charge in [0.25, 0.3) is 0 Å². The maximum absolute atomic E-state index is 12.1. The van der Waals surface area contributed by atoms with E-state index in [0.29, 0.717) is 31.5 Å². The molecular weight excluding hydrogens is 282 g/mol. The van der Waals surface area contributed by atoms with Gasteiger partial charge in [-0.3, -0.25) is 0 Å². The lowest BCUT2D eigenvalue weighted by molar-refractivity contribution is 0.0164. The van der Waals surface area contributed by atoms with Gasteiger partial charge in [-0.1, -0.05) is 13.8 Å². The molecule has 0 aliphatic heterocycles. The molecule has 4 N–H and O–H groups in total. The molecule has 0 rings (SSSR count). The first-order valence-corrected chi connectivity index (χ1v) is 8.13. The highest BCUT2D eigenvalue weighted by atomic mass is 16.6. The van der Waals surface area contributed by atoms with Crippen LogP contribution in [0.1, 0.15) is 41.5 Å². The molecule has 0 aromatic carbocycles. The van der Waals surface area contributed by atoms with Gasteiger partial charge in [0.15, 0.2) is 0 Å². The fraction of sp³-hybridized carbons (Fsp3) is 0.938. The minimum Gasteiger partial charge on any atom is -0.444 e. The van der Waals surface area contributed by atoms with Crippen LogP contribution < -0.4 is 11.1 Å². The molecule has 22 heavy (non-hydrogen) atoms. The molecule has 2 unspecified atom stereocenters. The summed E-state index contributed by atoms with van der Waals surface area (Å²) < 4.78 is 5.37. The lowest BCUT2D eigenvalue weighted by atomic mass is 9.96. The van der Waals surface area contributed by atoms with Crippen LogP contribution in [0.5, 0.6) is 0 Å². The molecule has 0 aromatic rings.